The Hall–Kier alpha value is -2.66. The molecule has 5 nitrogen and oxygen atoms in total. The molecule has 1 atom stereocenters. The number of hydrogen-bond donors (Lipinski definition) is 1. The number of likely N-dealkylation sites (tertiary alicyclic amines) is 1. The smallest absolute Gasteiger partial charge is 0.262 e. The molecule has 0 bridgehead atoms. The van der Waals surface area contributed by atoms with E-state index in [0.717, 1.165) is 42.8 Å². The fourth-order valence-electron chi connectivity index (χ4n) is 3.26. The van der Waals surface area contributed by atoms with E-state index in [1.807, 2.05) is 54.6 Å². The summed E-state index contributed by atoms with van der Waals surface area (Å²) in [6.45, 7) is 1.88. The van der Waals surface area contributed by atoms with Gasteiger partial charge >= 0.3 is 0 Å². The van der Waals surface area contributed by atoms with Gasteiger partial charge in [0.15, 0.2) is 0 Å². The van der Waals surface area contributed by atoms with Crippen molar-refractivity contribution in [2.45, 2.75) is 25.3 Å². The van der Waals surface area contributed by atoms with Crippen LogP contribution in [0.3, 0.4) is 0 Å². The van der Waals surface area contributed by atoms with Gasteiger partial charge in [0.05, 0.1) is 13.3 Å². The Morgan fingerprint density at radius 1 is 1.08 bits per heavy atom. The standard InChI is InChI=1S/C21H25N3O2/c1-26-19-12-10-17(11-13-19)16-22-23-21(25)20(18-8-4-2-5-9-18)24-14-6-3-7-15-24/h2,4-5,8-13,16,20H,3,6-7,14-15H2,1H3,(H,23,25)/b22-16-. The summed E-state index contributed by atoms with van der Waals surface area (Å²) in [6, 6.07) is 17.1. The highest BCUT2D eigenvalue weighted by Gasteiger charge is 2.28. The molecule has 2 aromatic rings. The molecule has 1 unspecified atom stereocenters. The minimum absolute atomic E-state index is 0.0946. The van der Waals surface area contributed by atoms with Crippen molar-refractivity contribution in [3.63, 3.8) is 0 Å². The second kappa shape index (κ2) is 9.15. The highest BCUT2D eigenvalue weighted by Crippen LogP contribution is 2.24. The number of carbonyl (C=O) groups excluding carboxylic acids is 1. The van der Waals surface area contributed by atoms with Crippen LogP contribution in [0.1, 0.15) is 36.4 Å². The third-order valence-corrected chi connectivity index (χ3v) is 4.62. The number of amides is 1. The molecule has 0 saturated carbocycles. The van der Waals surface area contributed by atoms with Crippen molar-refractivity contribution in [1.82, 2.24) is 10.3 Å². The van der Waals surface area contributed by atoms with Crippen LogP contribution in [0.25, 0.3) is 0 Å². The molecule has 1 fully saturated rings. The number of hydrazone groups is 1. The summed E-state index contributed by atoms with van der Waals surface area (Å²) in [5.74, 6) is 0.697. The fraction of sp³-hybridized carbons (Fsp3) is 0.333. The number of piperidine rings is 1. The molecule has 0 spiro atoms. The third-order valence-electron chi connectivity index (χ3n) is 4.62. The Labute approximate surface area is 154 Å². The van der Waals surface area contributed by atoms with Gasteiger partial charge in [0, 0.05) is 0 Å². The molecular weight excluding hydrogens is 326 g/mol. The lowest BCUT2D eigenvalue weighted by Crippen LogP contribution is -2.41. The van der Waals surface area contributed by atoms with Gasteiger partial charge in [-0.2, -0.15) is 5.10 Å². The van der Waals surface area contributed by atoms with Crippen LogP contribution in [0.4, 0.5) is 0 Å². The maximum Gasteiger partial charge on any atom is 0.262 e. The zero-order chi connectivity index (χ0) is 18.2. The lowest BCUT2D eigenvalue weighted by Gasteiger charge is -2.33. The van der Waals surface area contributed by atoms with Crippen molar-refractivity contribution in [1.29, 1.82) is 0 Å². The largest absolute Gasteiger partial charge is 0.497 e. The van der Waals surface area contributed by atoms with Crippen LogP contribution in [0.15, 0.2) is 59.7 Å². The van der Waals surface area contributed by atoms with Gasteiger partial charge < -0.3 is 4.74 Å². The van der Waals surface area contributed by atoms with E-state index in [1.54, 1.807) is 13.3 Å². The Kier molecular flexibility index (Phi) is 6.39. The van der Waals surface area contributed by atoms with Crippen LogP contribution < -0.4 is 10.2 Å². The van der Waals surface area contributed by atoms with Crippen molar-refractivity contribution < 1.29 is 9.53 Å². The number of nitrogens with one attached hydrogen (secondary N) is 1. The van der Waals surface area contributed by atoms with Gasteiger partial charge in [0.25, 0.3) is 5.91 Å². The van der Waals surface area contributed by atoms with Gasteiger partial charge in [-0.25, -0.2) is 5.43 Å². The number of rotatable bonds is 6. The van der Waals surface area contributed by atoms with Crippen molar-refractivity contribution in [2.24, 2.45) is 5.10 Å². The fourth-order valence-corrected chi connectivity index (χ4v) is 3.26. The van der Waals surface area contributed by atoms with E-state index in [-0.39, 0.29) is 11.9 Å². The Morgan fingerprint density at radius 3 is 2.42 bits per heavy atom. The van der Waals surface area contributed by atoms with E-state index in [2.05, 4.69) is 15.4 Å². The highest BCUT2D eigenvalue weighted by atomic mass is 16.5. The van der Waals surface area contributed by atoms with Crippen LogP contribution in [0.5, 0.6) is 5.75 Å². The van der Waals surface area contributed by atoms with Crippen LogP contribution in [-0.2, 0) is 4.79 Å². The number of methoxy groups -OCH3 is 1. The zero-order valence-electron chi connectivity index (χ0n) is 15.1. The normalized spacial score (nSPS) is 16.3. The summed E-state index contributed by atoms with van der Waals surface area (Å²) in [7, 11) is 1.63. The molecule has 1 amide bonds. The minimum atomic E-state index is -0.301. The topological polar surface area (TPSA) is 53.9 Å². The lowest BCUT2D eigenvalue weighted by molar-refractivity contribution is -0.127. The van der Waals surface area contributed by atoms with Crippen molar-refractivity contribution in [3.05, 3.63) is 65.7 Å². The molecule has 1 aliphatic rings. The molecule has 5 heteroatoms. The maximum absolute atomic E-state index is 12.8. The SMILES string of the molecule is COc1ccc(/C=N\NC(=O)C(c2ccccc2)N2CCCCC2)cc1. The summed E-state index contributed by atoms with van der Waals surface area (Å²) < 4.78 is 5.14. The van der Waals surface area contributed by atoms with Crippen LogP contribution in [-0.4, -0.2) is 37.2 Å². The third kappa shape index (κ3) is 4.70. The maximum atomic E-state index is 12.8. The van der Waals surface area contributed by atoms with E-state index in [1.165, 1.54) is 6.42 Å². The summed E-state index contributed by atoms with van der Waals surface area (Å²) in [6.07, 6.45) is 5.14. The average molecular weight is 351 g/mol. The predicted octanol–water partition coefficient (Wildman–Crippen LogP) is 3.37. The first-order chi connectivity index (χ1) is 12.8. The summed E-state index contributed by atoms with van der Waals surface area (Å²) >= 11 is 0. The van der Waals surface area contributed by atoms with Crippen molar-refractivity contribution in [2.75, 3.05) is 20.2 Å². The molecule has 0 aliphatic carbocycles. The predicted molar refractivity (Wildman–Crippen MR) is 103 cm³/mol. The molecule has 1 aliphatic heterocycles. The number of nitrogens with zero attached hydrogens (tertiary/aromatic N) is 2. The first-order valence-corrected chi connectivity index (χ1v) is 9.04. The van der Waals surface area contributed by atoms with Gasteiger partial charge in [-0.15, -0.1) is 0 Å². The van der Waals surface area contributed by atoms with E-state index in [0.29, 0.717) is 0 Å². The Morgan fingerprint density at radius 2 is 1.77 bits per heavy atom. The van der Waals surface area contributed by atoms with E-state index >= 15 is 0 Å². The molecule has 0 radical (unpaired) electrons. The first kappa shape index (κ1) is 18.1. The van der Waals surface area contributed by atoms with Crippen molar-refractivity contribution >= 4 is 12.1 Å². The van der Waals surface area contributed by atoms with Crippen LogP contribution in [0, 0.1) is 0 Å². The molecule has 1 N–H and O–H groups in total. The average Bonchev–Trinajstić information content (AvgIpc) is 2.70. The number of benzene rings is 2. The molecule has 2 aromatic carbocycles. The Bertz CT molecular complexity index is 723. The molecule has 136 valence electrons. The van der Waals surface area contributed by atoms with E-state index in [4.69, 9.17) is 4.74 Å². The zero-order valence-corrected chi connectivity index (χ0v) is 15.1. The number of ether oxygens (including phenoxy) is 1. The van der Waals surface area contributed by atoms with E-state index < -0.39 is 0 Å². The molecule has 26 heavy (non-hydrogen) atoms. The second-order valence-electron chi connectivity index (χ2n) is 6.42. The molecule has 3 rings (SSSR count). The number of hydrogen-bond acceptors (Lipinski definition) is 4. The number of carbonyl (C=O) groups is 1. The second-order valence-corrected chi connectivity index (χ2v) is 6.42. The van der Waals surface area contributed by atoms with E-state index in [9.17, 15) is 4.79 Å². The molecule has 0 aromatic heterocycles. The highest BCUT2D eigenvalue weighted by molar-refractivity contribution is 5.85. The minimum Gasteiger partial charge on any atom is -0.497 e. The lowest BCUT2D eigenvalue weighted by atomic mass is 10.0. The first-order valence-electron chi connectivity index (χ1n) is 9.04. The molecule has 1 heterocycles. The monoisotopic (exact) mass is 351 g/mol. The summed E-state index contributed by atoms with van der Waals surface area (Å²) in [4.78, 5) is 15.1. The quantitative estimate of drug-likeness (QED) is 0.641. The van der Waals surface area contributed by atoms with Crippen LogP contribution >= 0.6 is 0 Å². The van der Waals surface area contributed by atoms with Gasteiger partial charge in [-0.3, -0.25) is 9.69 Å². The summed E-state index contributed by atoms with van der Waals surface area (Å²) in [5, 5.41) is 4.15. The molecule has 1 saturated heterocycles. The Balaban J connectivity index is 1.69. The van der Waals surface area contributed by atoms with Crippen LogP contribution in [0.2, 0.25) is 0 Å². The van der Waals surface area contributed by atoms with Gasteiger partial charge in [0.1, 0.15) is 11.8 Å². The van der Waals surface area contributed by atoms with Crippen molar-refractivity contribution in [3.8, 4) is 5.75 Å². The molecular formula is C21H25N3O2. The summed E-state index contributed by atoms with van der Waals surface area (Å²) in [5.41, 5.74) is 4.62. The van der Waals surface area contributed by atoms with Gasteiger partial charge in [-0.05, 0) is 61.3 Å². The van der Waals surface area contributed by atoms with Gasteiger partial charge in [0.2, 0.25) is 0 Å². The van der Waals surface area contributed by atoms with Gasteiger partial charge in [-0.1, -0.05) is 36.8 Å².